The van der Waals surface area contributed by atoms with Gasteiger partial charge in [-0.25, -0.2) is 0 Å². The highest BCUT2D eigenvalue weighted by Gasteiger charge is 2.34. The standard InChI is InChI=1S/C10H12O/c1-7-5-6-10(11)9-4-2-3-8(7)9/h5-6,8-9H,1-4H2/t8-,9+/m0/s1. The van der Waals surface area contributed by atoms with E-state index in [0.717, 1.165) is 12.0 Å². The third-order valence-electron chi connectivity index (χ3n) is 2.82. The van der Waals surface area contributed by atoms with E-state index in [1.807, 2.05) is 6.08 Å². The fourth-order valence-electron chi connectivity index (χ4n) is 2.18. The van der Waals surface area contributed by atoms with E-state index in [4.69, 9.17) is 0 Å². The first-order chi connectivity index (χ1) is 5.29. The van der Waals surface area contributed by atoms with Crippen LogP contribution in [0.3, 0.4) is 0 Å². The SMILES string of the molecule is C=C1C=CC(=O)[C@@H]2CCC[C@@H]12. The molecule has 0 heterocycles. The Bertz CT molecular complexity index is 213. The molecule has 1 nitrogen and oxygen atoms in total. The molecule has 0 radical (unpaired) electrons. The van der Waals surface area contributed by atoms with Gasteiger partial charge in [0.15, 0.2) is 5.78 Å². The van der Waals surface area contributed by atoms with Gasteiger partial charge in [-0.05, 0) is 24.8 Å². The van der Waals surface area contributed by atoms with Gasteiger partial charge < -0.3 is 0 Å². The van der Waals surface area contributed by atoms with Crippen molar-refractivity contribution in [2.45, 2.75) is 19.3 Å². The predicted octanol–water partition coefficient (Wildman–Crippen LogP) is 2.10. The molecule has 58 valence electrons. The van der Waals surface area contributed by atoms with Gasteiger partial charge in [-0.3, -0.25) is 4.79 Å². The van der Waals surface area contributed by atoms with Crippen molar-refractivity contribution in [2.24, 2.45) is 11.8 Å². The molecule has 0 saturated heterocycles. The number of fused-ring (bicyclic) bond motifs is 1. The highest BCUT2D eigenvalue weighted by Crippen LogP contribution is 2.39. The van der Waals surface area contributed by atoms with Crippen LogP contribution in [0.4, 0.5) is 0 Å². The molecule has 2 aliphatic rings. The van der Waals surface area contributed by atoms with Crippen LogP contribution in [0, 0.1) is 11.8 Å². The fourth-order valence-corrected chi connectivity index (χ4v) is 2.18. The highest BCUT2D eigenvalue weighted by atomic mass is 16.1. The van der Waals surface area contributed by atoms with Crippen molar-refractivity contribution in [3.8, 4) is 0 Å². The van der Waals surface area contributed by atoms with Crippen molar-refractivity contribution < 1.29 is 4.79 Å². The summed E-state index contributed by atoms with van der Waals surface area (Å²) in [5.41, 5.74) is 1.16. The lowest BCUT2D eigenvalue weighted by atomic mass is 9.82. The summed E-state index contributed by atoms with van der Waals surface area (Å²) in [6.45, 7) is 3.95. The number of rotatable bonds is 0. The molecule has 11 heavy (non-hydrogen) atoms. The van der Waals surface area contributed by atoms with Gasteiger partial charge in [0.1, 0.15) is 0 Å². The van der Waals surface area contributed by atoms with E-state index in [9.17, 15) is 4.79 Å². The quantitative estimate of drug-likeness (QED) is 0.514. The van der Waals surface area contributed by atoms with E-state index in [2.05, 4.69) is 6.58 Å². The van der Waals surface area contributed by atoms with E-state index in [-0.39, 0.29) is 5.92 Å². The fraction of sp³-hybridized carbons (Fsp3) is 0.500. The molecule has 0 unspecified atom stereocenters. The summed E-state index contributed by atoms with van der Waals surface area (Å²) in [7, 11) is 0. The first kappa shape index (κ1) is 6.84. The van der Waals surface area contributed by atoms with Crippen LogP contribution < -0.4 is 0 Å². The van der Waals surface area contributed by atoms with E-state index >= 15 is 0 Å². The first-order valence-corrected chi connectivity index (χ1v) is 4.20. The number of allylic oxidation sites excluding steroid dienone is 3. The minimum absolute atomic E-state index is 0.285. The third-order valence-corrected chi connectivity index (χ3v) is 2.82. The number of hydrogen-bond donors (Lipinski definition) is 0. The van der Waals surface area contributed by atoms with Gasteiger partial charge in [0, 0.05) is 5.92 Å². The zero-order valence-electron chi connectivity index (χ0n) is 6.55. The number of carbonyl (C=O) groups is 1. The normalized spacial score (nSPS) is 36.0. The Labute approximate surface area is 66.8 Å². The van der Waals surface area contributed by atoms with E-state index < -0.39 is 0 Å². The van der Waals surface area contributed by atoms with Crippen LogP contribution in [-0.2, 0) is 4.79 Å². The van der Waals surface area contributed by atoms with Crippen molar-refractivity contribution in [3.05, 3.63) is 24.3 Å². The van der Waals surface area contributed by atoms with Crippen LogP contribution in [0.25, 0.3) is 0 Å². The van der Waals surface area contributed by atoms with Crippen LogP contribution in [-0.4, -0.2) is 5.78 Å². The molecule has 1 saturated carbocycles. The Morgan fingerprint density at radius 2 is 2.00 bits per heavy atom. The maximum Gasteiger partial charge on any atom is 0.159 e. The molecule has 2 aliphatic carbocycles. The van der Waals surface area contributed by atoms with Crippen molar-refractivity contribution in [2.75, 3.05) is 0 Å². The van der Waals surface area contributed by atoms with Gasteiger partial charge in [-0.1, -0.05) is 24.6 Å². The van der Waals surface area contributed by atoms with Gasteiger partial charge in [0.25, 0.3) is 0 Å². The second kappa shape index (κ2) is 2.33. The Balaban J connectivity index is 2.32. The topological polar surface area (TPSA) is 17.1 Å². The summed E-state index contributed by atoms with van der Waals surface area (Å²) in [5.74, 6) is 1.08. The molecule has 1 fully saturated rings. The van der Waals surface area contributed by atoms with E-state index in [0.29, 0.717) is 11.7 Å². The molecule has 2 rings (SSSR count). The Hall–Kier alpha value is -0.850. The zero-order chi connectivity index (χ0) is 7.84. The van der Waals surface area contributed by atoms with Gasteiger partial charge in [0.2, 0.25) is 0 Å². The van der Waals surface area contributed by atoms with Gasteiger partial charge in [0.05, 0.1) is 0 Å². The van der Waals surface area contributed by atoms with Gasteiger partial charge in [-0.15, -0.1) is 0 Å². The average Bonchev–Trinajstić information content (AvgIpc) is 2.45. The predicted molar refractivity (Wildman–Crippen MR) is 44.1 cm³/mol. The summed E-state index contributed by atoms with van der Waals surface area (Å²) in [5, 5.41) is 0. The second-order valence-corrected chi connectivity index (χ2v) is 3.45. The maximum atomic E-state index is 11.3. The molecular weight excluding hydrogens is 136 g/mol. The van der Waals surface area contributed by atoms with Crippen LogP contribution >= 0.6 is 0 Å². The Morgan fingerprint density at radius 1 is 1.27 bits per heavy atom. The summed E-state index contributed by atoms with van der Waals surface area (Å²) in [4.78, 5) is 11.3. The monoisotopic (exact) mass is 148 g/mol. The molecule has 1 heteroatoms. The van der Waals surface area contributed by atoms with E-state index in [1.54, 1.807) is 6.08 Å². The lowest BCUT2D eigenvalue weighted by molar-refractivity contribution is -0.119. The Morgan fingerprint density at radius 3 is 2.73 bits per heavy atom. The Kier molecular flexibility index (Phi) is 1.45. The zero-order valence-corrected chi connectivity index (χ0v) is 6.55. The molecular formula is C10H12O. The molecule has 0 bridgehead atoms. The van der Waals surface area contributed by atoms with Crippen LogP contribution in [0.5, 0.6) is 0 Å². The largest absolute Gasteiger partial charge is 0.295 e. The highest BCUT2D eigenvalue weighted by molar-refractivity contribution is 5.94. The summed E-state index contributed by atoms with van der Waals surface area (Å²) < 4.78 is 0. The van der Waals surface area contributed by atoms with Crippen molar-refractivity contribution in [3.63, 3.8) is 0 Å². The minimum atomic E-state index is 0.285. The van der Waals surface area contributed by atoms with Crippen LogP contribution in [0.1, 0.15) is 19.3 Å². The molecule has 0 spiro atoms. The average molecular weight is 148 g/mol. The summed E-state index contributed by atoms with van der Waals surface area (Å²) in [6, 6.07) is 0. The lowest BCUT2D eigenvalue weighted by Crippen LogP contribution is -2.21. The third kappa shape index (κ3) is 0.953. The van der Waals surface area contributed by atoms with Gasteiger partial charge in [-0.2, -0.15) is 0 Å². The smallest absolute Gasteiger partial charge is 0.159 e. The van der Waals surface area contributed by atoms with Crippen molar-refractivity contribution in [1.29, 1.82) is 0 Å². The molecule has 0 aromatic heterocycles. The molecule has 0 aromatic rings. The van der Waals surface area contributed by atoms with Crippen molar-refractivity contribution in [1.82, 2.24) is 0 Å². The maximum absolute atomic E-state index is 11.3. The summed E-state index contributed by atoms with van der Waals surface area (Å²) in [6.07, 6.45) is 7.01. The first-order valence-electron chi connectivity index (χ1n) is 4.20. The van der Waals surface area contributed by atoms with E-state index in [1.165, 1.54) is 12.8 Å². The number of hydrogen-bond acceptors (Lipinski definition) is 1. The molecule has 0 aromatic carbocycles. The molecule has 0 amide bonds. The second-order valence-electron chi connectivity index (χ2n) is 3.45. The molecule has 0 aliphatic heterocycles. The van der Waals surface area contributed by atoms with Gasteiger partial charge >= 0.3 is 0 Å². The molecule has 0 N–H and O–H groups in total. The van der Waals surface area contributed by atoms with Crippen molar-refractivity contribution >= 4 is 5.78 Å². The van der Waals surface area contributed by atoms with Crippen LogP contribution in [0.15, 0.2) is 24.3 Å². The number of ketones is 1. The molecule has 2 atom stereocenters. The van der Waals surface area contributed by atoms with Crippen LogP contribution in [0.2, 0.25) is 0 Å². The minimum Gasteiger partial charge on any atom is -0.295 e. The lowest BCUT2D eigenvalue weighted by Gasteiger charge is -2.21. The number of carbonyl (C=O) groups excluding carboxylic acids is 1. The summed E-state index contributed by atoms with van der Waals surface area (Å²) >= 11 is 0.